The van der Waals surface area contributed by atoms with E-state index < -0.39 is 4.92 Å². The van der Waals surface area contributed by atoms with Gasteiger partial charge in [-0.1, -0.05) is 12.1 Å². The first-order valence-corrected chi connectivity index (χ1v) is 5.56. The second kappa shape index (κ2) is 5.32. The van der Waals surface area contributed by atoms with Crippen molar-refractivity contribution < 1.29 is 4.92 Å². The van der Waals surface area contributed by atoms with Gasteiger partial charge >= 0.3 is 5.69 Å². The normalized spacial score (nSPS) is 10.0. The van der Waals surface area contributed by atoms with Gasteiger partial charge in [-0.3, -0.25) is 10.1 Å². The van der Waals surface area contributed by atoms with Gasteiger partial charge in [-0.05, 0) is 30.7 Å². The van der Waals surface area contributed by atoms with Crippen LogP contribution in [0.2, 0.25) is 0 Å². The van der Waals surface area contributed by atoms with E-state index in [4.69, 9.17) is 5.84 Å². The van der Waals surface area contributed by atoms with Crippen molar-refractivity contribution in [2.75, 3.05) is 10.7 Å². The van der Waals surface area contributed by atoms with E-state index in [9.17, 15) is 10.1 Å². The number of nitrogens with one attached hydrogen (secondary N) is 2. The van der Waals surface area contributed by atoms with Crippen molar-refractivity contribution in [3.05, 3.63) is 52.1 Å². The Morgan fingerprint density at radius 3 is 2.74 bits per heavy atom. The molecular weight excluding hydrogens is 246 g/mol. The second-order valence-corrected chi connectivity index (χ2v) is 3.96. The Labute approximate surface area is 109 Å². The lowest BCUT2D eigenvalue weighted by atomic mass is 10.2. The first-order chi connectivity index (χ1) is 9.10. The lowest BCUT2D eigenvalue weighted by Gasteiger charge is -2.08. The maximum Gasteiger partial charge on any atom is 0.311 e. The van der Waals surface area contributed by atoms with E-state index in [-0.39, 0.29) is 11.5 Å². The first kappa shape index (κ1) is 12.8. The summed E-state index contributed by atoms with van der Waals surface area (Å²) in [6.45, 7) is 1.94. The number of aryl methyl sites for hydroxylation is 1. The minimum Gasteiger partial charge on any atom is -0.334 e. The number of nitro groups is 1. The molecule has 0 aliphatic heterocycles. The summed E-state index contributed by atoms with van der Waals surface area (Å²) in [5.41, 5.74) is 4.02. The van der Waals surface area contributed by atoms with Crippen LogP contribution in [-0.2, 0) is 0 Å². The van der Waals surface area contributed by atoms with Gasteiger partial charge in [0.1, 0.15) is 5.82 Å². The molecule has 19 heavy (non-hydrogen) atoms. The zero-order valence-electron chi connectivity index (χ0n) is 10.3. The molecule has 0 bridgehead atoms. The number of nitrogen functional groups attached to an aromatic ring is 1. The molecule has 0 unspecified atom stereocenters. The molecule has 0 spiro atoms. The number of rotatable bonds is 4. The number of hydrazine groups is 1. The number of pyridine rings is 1. The maximum atomic E-state index is 11.0. The molecule has 98 valence electrons. The molecule has 0 saturated heterocycles. The minimum absolute atomic E-state index is 0.111. The van der Waals surface area contributed by atoms with E-state index in [1.807, 2.05) is 25.1 Å². The average molecular weight is 259 g/mol. The van der Waals surface area contributed by atoms with E-state index in [2.05, 4.69) is 15.7 Å². The summed E-state index contributed by atoms with van der Waals surface area (Å²) in [5, 5.41) is 13.9. The summed E-state index contributed by atoms with van der Waals surface area (Å²) in [6, 6.07) is 10.3. The van der Waals surface area contributed by atoms with Crippen LogP contribution in [0.4, 0.5) is 23.0 Å². The van der Waals surface area contributed by atoms with Crippen LogP contribution in [0.1, 0.15) is 5.56 Å². The van der Waals surface area contributed by atoms with E-state index in [1.165, 1.54) is 12.1 Å². The summed E-state index contributed by atoms with van der Waals surface area (Å²) in [7, 11) is 0. The fourth-order valence-electron chi connectivity index (χ4n) is 1.63. The van der Waals surface area contributed by atoms with Gasteiger partial charge in [0.05, 0.1) is 4.92 Å². The van der Waals surface area contributed by atoms with Crippen LogP contribution >= 0.6 is 0 Å². The van der Waals surface area contributed by atoms with Crippen molar-refractivity contribution >= 4 is 23.0 Å². The Bertz CT molecular complexity index is 615. The molecule has 1 aromatic heterocycles. The molecule has 7 nitrogen and oxygen atoms in total. The van der Waals surface area contributed by atoms with Gasteiger partial charge in [-0.2, -0.15) is 0 Å². The fraction of sp³-hybridized carbons (Fsp3) is 0.0833. The predicted octanol–water partition coefficient (Wildman–Crippen LogP) is 2.33. The number of nitrogens with two attached hydrogens (primary N) is 1. The number of aromatic nitrogens is 1. The van der Waals surface area contributed by atoms with Gasteiger partial charge < -0.3 is 10.7 Å². The van der Waals surface area contributed by atoms with Gasteiger partial charge in [0, 0.05) is 11.8 Å². The molecule has 1 aromatic carbocycles. The number of benzene rings is 1. The lowest BCUT2D eigenvalue weighted by Crippen LogP contribution is -2.10. The highest BCUT2D eigenvalue weighted by Crippen LogP contribution is 2.27. The molecule has 2 rings (SSSR count). The Morgan fingerprint density at radius 2 is 2.11 bits per heavy atom. The van der Waals surface area contributed by atoms with Crippen molar-refractivity contribution in [1.82, 2.24) is 4.98 Å². The van der Waals surface area contributed by atoms with Crippen LogP contribution in [0.25, 0.3) is 0 Å². The van der Waals surface area contributed by atoms with E-state index in [1.54, 1.807) is 6.07 Å². The van der Waals surface area contributed by atoms with Crippen LogP contribution < -0.4 is 16.6 Å². The summed E-state index contributed by atoms with van der Waals surface area (Å²) < 4.78 is 0. The quantitative estimate of drug-likeness (QED) is 0.442. The summed E-state index contributed by atoms with van der Waals surface area (Å²) in [6.07, 6.45) is 0. The molecule has 0 radical (unpaired) electrons. The molecule has 2 aromatic rings. The van der Waals surface area contributed by atoms with Crippen molar-refractivity contribution in [3.8, 4) is 0 Å². The highest BCUT2D eigenvalue weighted by atomic mass is 16.6. The summed E-state index contributed by atoms with van der Waals surface area (Å²) in [5.74, 6) is 5.74. The van der Waals surface area contributed by atoms with Crippen molar-refractivity contribution in [1.29, 1.82) is 0 Å². The molecule has 0 amide bonds. The number of hydrogen-bond donors (Lipinski definition) is 3. The Balaban J connectivity index is 2.39. The van der Waals surface area contributed by atoms with Crippen molar-refractivity contribution in [3.63, 3.8) is 0 Å². The van der Waals surface area contributed by atoms with Gasteiger partial charge in [0.15, 0.2) is 0 Å². The van der Waals surface area contributed by atoms with Gasteiger partial charge in [-0.15, -0.1) is 0 Å². The standard InChI is InChI=1S/C12H13N5O2/c1-8-3-2-4-9(7-8)14-12-10(17(18)19)5-6-11(15-12)16-13/h2-7H,13H2,1H3,(H2,14,15,16). The third kappa shape index (κ3) is 2.96. The SMILES string of the molecule is Cc1cccc(Nc2nc(NN)ccc2[N+](=O)[O-])c1. The van der Waals surface area contributed by atoms with Gasteiger partial charge in [0.25, 0.3) is 0 Å². The molecule has 0 aliphatic carbocycles. The van der Waals surface area contributed by atoms with Crippen LogP contribution in [0.5, 0.6) is 0 Å². The van der Waals surface area contributed by atoms with Gasteiger partial charge in [-0.25, -0.2) is 10.8 Å². The monoisotopic (exact) mass is 259 g/mol. The van der Waals surface area contributed by atoms with E-state index in [0.717, 1.165) is 11.3 Å². The molecule has 4 N–H and O–H groups in total. The average Bonchev–Trinajstić information content (AvgIpc) is 2.38. The minimum atomic E-state index is -0.495. The molecule has 0 fully saturated rings. The lowest BCUT2D eigenvalue weighted by molar-refractivity contribution is -0.384. The smallest absolute Gasteiger partial charge is 0.311 e. The van der Waals surface area contributed by atoms with E-state index in [0.29, 0.717) is 5.82 Å². The number of anilines is 3. The first-order valence-electron chi connectivity index (χ1n) is 5.56. The zero-order chi connectivity index (χ0) is 13.8. The Kier molecular flexibility index (Phi) is 3.58. The maximum absolute atomic E-state index is 11.0. The molecule has 0 aliphatic rings. The Morgan fingerprint density at radius 1 is 1.32 bits per heavy atom. The molecular formula is C12H13N5O2. The largest absolute Gasteiger partial charge is 0.334 e. The second-order valence-electron chi connectivity index (χ2n) is 3.96. The summed E-state index contributed by atoms with van der Waals surface area (Å²) >= 11 is 0. The van der Waals surface area contributed by atoms with Crippen molar-refractivity contribution in [2.24, 2.45) is 5.84 Å². The highest BCUT2D eigenvalue weighted by Gasteiger charge is 2.16. The highest BCUT2D eigenvalue weighted by molar-refractivity contribution is 5.67. The van der Waals surface area contributed by atoms with E-state index >= 15 is 0 Å². The molecule has 0 saturated carbocycles. The fourth-order valence-corrected chi connectivity index (χ4v) is 1.63. The molecule has 1 heterocycles. The zero-order valence-corrected chi connectivity index (χ0v) is 10.3. The topological polar surface area (TPSA) is 106 Å². The molecule has 0 atom stereocenters. The van der Waals surface area contributed by atoms with Crippen LogP contribution in [0.15, 0.2) is 36.4 Å². The van der Waals surface area contributed by atoms with Gasteiger partial charge in [0.2, 0.25) is 5.82 Å². The van der Waals surface area contributed by atoms with Crippen LogP contribution in [-0.4, -0.2) is 9.91 Å². The molecule has 7 heteroatoms. The third-order valence-corrected chi connectivity index (χ3v) is 2.50. The van der Waals surface area contributed by atoms with Crippen molar-refractivity contribution in [2.45, 2.75) is 6.92 Å². The number of hydrogen-bond acceptors (Lipinski definition) is 6. The van der Waals surface area contributed by atoms with Crippen LogP contribution in [0, 0.1) is 17.0 Å². The number of nitrogens with zero attached hydrogens (tertiary/aromatic N) is 2. The third-order valence-electron chi connectivity index (χ3n) is 2.50. The van der Waals surface area contributed by atoms with Crippen LogP contribution in [0.3, 0.4) is 0 Å². The summed E-state index contributed by atoms with van der Waals surface area (Å²) in [4.78, 5) is 14.5. The Hall–Kier alpha value is -2.67. The predicted molar refractivity (Wildman–Crippen MR) is 73.2 cm³/mol.